The van der Waals surface area contributed by atoms with E-state index in [1.807, 2.05) is 26.0 Å². The van der Waals surface area contributed by atoms with Gasteiger partial charge in [-0.15, -0.1) is 0 Å². The molecule has 1 heterocycles. The lowest BCUT2D eigenvalue weighted by atomic mass is 10.0. The Morgan fingerprint density at radius 2 is 2.05 bits per heavy atom. The first-order valence-electron chi connectivity index (χ1n) is 5.77. The minimum atomic E-state index is -0.219. The third-order valence-corrected chi connectivity index (χ3v) is 3.49. The standard InChI is InChI=1S/C14H14BrN3O/c1-8-6-9(2)12(16)7-10(8)14(19)18-13-11(15)4-3-5-17-13/h3-7H,16H2,1-2H3,(H,17,18,19). The third kappa shape index (κ3) is 2.93. The predicted molar refractivity (Wildman–Crippen MR) is 80.2 cm³/mol. The summed E-state index contributed by atoms with van der Waals surface area (Å²) in [5.41, 5.74) is 8.86. The van der Waals surface area contributed by atoms with Gasteiger partial charge in [-0.25, -0.2) is 4.98 Å². The molecule has 0 aliphatic rings. The van der Waals surface area contributed by atoms with E-state index in [0.717, 1.165) is 15.6 Å². The highest BCUT2D eigenvalue weighted by Gasteiger charge is 2.13. The van der Waals surface area contributed by atoms with Crippen LogP contribution in [0.3, 0.4) is 0 Å². The number of benzene rings is 1. The van der Waals surface area contributed by atoms with E-state index in [0.29, 0.717) is 17.1 Å². The van der Waals surface area contributed by atoms with Crippen LogP contribution in [0.4, 0.5) is 11.5 Å². The zero-order valence-corrected chi connectivity index (χ0v) is 12.3. The summed E-state index contributed by atoms with van der Waals surface area (Å²) in [4.78, 5) is 16.3. The molecule has 0 aliphatic carbocycles. The molecule has 0 saturated heterocycles. The van der Waals surface area contributed by atoms with Crippen LogP contribution in [0.5, 0.6) is 0 Å². The maximum atomic E-state index is 12.2. The van der Waals surface area contributed by atoms with E-state index >= 15 is 0 Å². The lowest BCUT2D eigenvalue weighted by Gasteiger charge is -2.10. The molecule has 0 spiro atoms. The van der Waals surface area contributed by atoms with Gasteiger partial charge in [-0.3, -0.25) is 4.79 Å². The molecule has 98 valence electrons. The molecule has 0 atom stereocenters. The minimum Gasteiger partial charge on any atom is -0.398 e. The lowest BCUT2D eigenvalue weighted by molar-refractivity contribution is 0.102. The molecule has 3 N–H and O–H groups in total. The van der Waals surface area contributed by atoms with Crippen molar-refractivity contribution in [3.8, 4) is 0 Å². The van der Waals surface area contributed by atoms with Crippen molar-refractivity contribution in [2.24, 2.45) is 0 Å². The highest BCUT2D eigenvalue weighted by atomic mass is 79.9. The van der Waals surface area contributed by atoms with Crippen LogP contribution in [-0.2, 0) is 0 Å². The van der Waals surface area contributed by atoms with Gasteiger partial charge in [0.2, 0.25) is 0 Å². The summed E-state index contributed by atoms with van der Waals surface area (Å²) in [6, 6.07) is 7.20. The number of aromatic nitrogens is 1. The van der Waals surface area contributed by atoms with Crippen molar-refractivity contribution in [2.45, 2.75) is 13.8 Å². The highest BCUT2D eigenvalue weighted by Crippen LogP contribution is 2.22. The van der Waals surface area contributed by atoms with E-state index in [4.69, 9.17) is 5.73 Å². The molecular weight excluding hydrogens is 306 g/mol. The van der Waals surface area contributed by atoms with E-state index in [-0.39, 0.29) is 5.91 Å². The summed E-state index contributed by atoms with van der Waals surface area (Å²) in [7, 11) is 0. The number of hydrogen-bond donors (Lipinski definition) is 2. The van der Waals surface area contributed by atoms with Crippen LogP contribution >= 0.6 is 15.9 Å². The monoisotopic (exact) mass is 319 g/mol. The quantitative estimate of drug-likeness (QED) is 0.834. The van der Waals surface area contributed by atoms with Crippen LogP contribution in [0.1, 0.15) is 21.5 Å². The zero-order valence-electron chi connectivity index (χ0n) is 10.7. The molecule has 4 nitrogen and oxygen atoms in total. The van der Waals surface area contributed by atoms with Gasteiger partial charge < -0.3 is 11.1 Å². The molecule has 0 aliphatic heterocycles. The summed E-state index contributed by atoms with van der Waals surface area (Å²) in [5.74, 6) is 0.273. The number of amides is 1. The van der Waals surface area contributed by atoms with E-state index in [9.17, 15) is 4.79 Å². The van der Waals surface area contributed by atoms with Crippen molar-refractivity contribution < 1.29 is 4.79 Å². The molecule has 5 heteroatoms. The molecule has 1 amide bonds. The number of aryl methyl sites for hydroxylation is 2. The summed E-state index contributed by atoms with van der Waals surface area (Å²) in [6.07, 6.45) is 1.62. The van der Waals surface area contributed by atoms with E-state index < -0.39 is 0 Å². The molecule has 0 radical (unpaired) electrons. The normalized spacial score (nSPS) is 10.3. The molecule has 2 rings (SSSR count). The molecule has 19 heavy (non-hydrogen) atoms. The SMILES string of the molecule is Cc1cc(C)c(C(=O)Nc2ncccc2Br)cc1N. The fourth-order valence-electron chi connectivity index (χ4n) is 1.77. The number of carbonyl (C=O) groups excluding carboxylic acids is 1. The Bertz CT molecular complexity index is 641. The van der Waals surface area contributed by atoms with Crippen molar-refractivity contribution >= 4 is 33.3 Å². The fraction of sp³-hybridized carbons (Fsp3) is 0.143. The molecule has 0 bridgehead atoms. The molecular formula is C14H14BrN3O. The summed E-state index contributed by atoms with van der Waals surface area (Å²) in [5, 5.41) is 2.76. The van der Waals surface area contributed by atoms with Gasteiger partial charge in [0, 0.05) is 17.4 Å². The largest absolute Gasteiger partial charge is 0.398 e. The van der Waals surface area contributed by atoms with Crippen molar-refractivity contribution in [1.29, 1.82) is 0 Å². The van der Waals surface area contributed by atoms with Crippen molar-refractivity contribution in [2.75, 3.05) is 11.1 Å². The Balaban J connectivity index is 2.31. The number of hydrogen-bond acceptors (Lipinski definition) is 3. The Labute approximate surface area is 120 Å². The summed E-state index contributed by atoms with van der Waals surface area (Å²) >= 11 is 3.34. The number of pyridine rings is 1. The van der Waals surface area contributed by atoms with Crippen LogP contribution in [0.2, 0.25) is 0 Å². The zero-order chi connectivity index (χ0) is 14.0. The molecule has 2 aromatic rings. The Hall–Kier alpha value is -1.88. The number of anilines is 2. The van der Waals surface area contributed by atoms with Gasteiger partial charge in [0.05, 0.1) is 4.47 Å². The highest BCUT2D eigenvalue weighted by molar-refractivity contribution is 9.10. The molecule has 1 aromatic carbocycles. The van der Waals surface area contributed by atoms with E-state index in [1.54, 1.807) is 18.3 Å². The topological polar surface area (TPSA) is 68.0 Å². The maximum Gasteiger partial charge on any atom is 0.257 e. The first kappa shape index (κ1) is 13.5. The Morgan fingerprint density at radius 3 is 2.74 bits per heavy atom. The second-order valence-electron chi connectivity index (χ2n) is 4.31. The fourth-order valence-corrected chi connectivity index (χ4v) is 2.12. The number of halogens is 1. The number of rotatable bonds is 2. The smallest absolute Gasteiger partial charge is 0.257 e. The molecule has 1 aromatic heterocycles. The number of nitrogen functional groups attached to an aromatic ring is 1. The van der Waals surface area contributed by atoms with Gasteiger partial charge >= 0.3 is 0 Å². The number of carbonyl (C=O) groups is 1. The van der Waals surface area contributed by atoms with Crippen LogP contribution in [0, 0.1) is 13.8 Å². The van der Waals surface area contributed by atoms with Crippen LogP contribution in [0.25, 0.3) is 0 Å². The van der Waals surface area contributed by atoms with Gasteiger partial charge in [0.1, 0.15) is 5.82 Å². The van der Waals surface area contributed by atoms with Crippen molar-refractivity contribution in [3.63, 3.8) is 0 Å². The predicted octanol–water partition coefficient (Wildman–Crippen LogP) is 3.30. The van der Waals surface area contributed by atoms with Gasteiger partial charge in [0.25, 0.3) is 5.91 Å². The van der Waals surface area contributed by atoms with Gasteiger partial charge in [-0.2, -0.15) is 0 Å². The number of nitrogens with two attached hydrogens (primary N) is 1. The minimum absolute atomic E-state index is 0.219. The first-order chi connectivity index (χ1) is 8.99. The summed E-state index contributed by atoms with van der Waals surface area (Å²) in [6.45, 7) is 3.80. The first-order valence-corrected chi connectivity index (χ1v) is 6.57. The second kappa shape index (κ2) is 5.40. The maximum absolute atomic E-state index is 12.2. The third-order valence-electron chi connectivity index (χ3n) is 2.85. The van der Waals surface area contributed by atoms with Crippen LogP contribution in [0.15, 0.2) is 34.9 Å². The van der Waals surface area contributed by atoms with Crippen LogP contribution < -0.4 is 11.1 Å². The van der Waals surface area contributed by atoms with Gasteiger partial charge in [-0.05, 0) is 59.1 Å². The van der Waals surface area contributed by atoms with Crippen molar-refractivity contribution in [3.05, 3.63) is 51.6 Å². The Morgan fingerprint density at radius 1 is 1.32 bits per heavy atom. The van der Waals surface area contributed by atoms with E-state index in [2.05, 4.69) is 26.2 Å². The average Bonchev–Trinajstić information content (AvgIpc) is 2.36. The summed E-state index contributed by atoms with van der Waals surface area (Å²) < 4.78 is 0.737. The Kier molecular flexibility index (Phi) is 3.85. The molecule has 0 saturated carbocycles. The number of nitrogens with one attached hydrogen (secondary N) is 1. The number of nitrogens with zero attached hydrogens (tertiary/aromatic N) is 1. The van der Waals surface area contributed by atoms with Gasteiger partial charge in [-0.1, -0.05) is 6.07 Å². The lowest BCUT2D eigenvalue weighted by Crippen LogP contribution is -2.15. The second-order valence-corrected chi connectivity index (χ2v) is 5.17. The van der Waals surface area contributed by atoms with Crippen LogP contribution in [-0.4, -0.2) is 10.9 Å². The molecule has 0 unspecified atom stereocenters. The van der Waals surface area contributed by atoms with Gasteiger partial charge in [0.15, 0.2) is 0 Å². The average molecular weight is 320 g/mol. The van der Waals surface area contributed by atoms with E-state index in [1.165, 1.54) is 0 Å². The molecule has 0 fully saturated rings. The van der Waals surface area contributed by atoms with Crippen molar-refractivity contribution in [1.82, 2.24) is 4.98 Å².